The van der Waals surface area contributed by atoms with Crippen molar-refractivity contribution in [2.24, 2.45) is 0 Å². The summed E-state index contributed by atoms with van der Waals surface area (Å²) >= 11 is 0. The van der Waals surface area contributed by atoms with Gasteiger partial charge in [0.15, 0.2) is 0 Å². The van der Waals surface area contributed by atoms with E-state index >= 15 is 0 Å². The Hall–Kier alpha value is -3.57. The standard InChI is InChI=1S/C28H30F3N3O5/c29-28(30,31)39-21-10-8-19(9-11-21)17-33-13-14-34-24(18-33)26(35)32-16-22-5-3-4-20(38-22)12-15-37-25-7-2-1-6-23(25)27(34)36/h1-3,5-11,20,22,24H,4,12-18H2,(H,32,35)/t20-,22-,24-/m0/s1. The molecule has 208 valence electrons. The number of piperazine rings is 1. The molecular formula is C28H30F3N3O5. The molecule has 0 spiro atoms. The SMILES string of the molecule is O=C1NC[C@@H]2C=CC[C@@H](CCOc3ccccc3C(=O)N3CCN(Cc4ccc(OC(F)(F)F)cc4)C[C@@H]13)O2. The highest BCUT2D eigenvalue weighted by atomic mass is 19.4. The summed E-state index contributed by atoms with van der Waals surface area (Å²) in [5.41, 5.74) is 1.15. The molecule has 2 amide bonds. The Bertz CT molecular complexity index is 1200. The van der Waals surface area contributed by atoms with Gasteiger partial charge in [0.1, 0.15) is 17.5 Å². The normalized spacial score (nSPS) is 24.6. The van der Waals surface area contributed by atoms with Gasteiger partial charge < -0.3 is 24.4 Å². The Balaban J connectivity index is 1.35. The maximum atomic E-state index is 13.7. The minimum absolute atomic E-state index is 0.0442. The lowest BCUT2D eigenvalue weighted by Crippen LogP contribution is -2.61. The van der Waals surface area contributed by atoms with Crippen LogP contribution in [0, 0.1) is 0 Å². The quantitative estimate of drug-likeness (QED) is 0.595. The maximum Gasteiger partial charge on any atom is 0.573 e. The Morgan fingerprint density at radius 1 is 1.05 bits per heavy atom. The average molecular weight is 546 g/mol. The number of benzene rings is 2. The Kier molecular flexibility index (Phi) is 8.08. The maximum absolute atomic E-state index is 13.7. The third-order valence-corrected chi connectivity index (χ3v) is 7.00. The van der Waals surface area contributed by atoms with Crippen molar-refractivity contribution < 1.29 is 37.0 Å². The van der Waals surface area contributed by atoms with Crippen molar-refractivity contribution in [3.8, 4) is 11.5 Å². The number of nitrogens with one attached hydrogen (secondary N) is 1. The number of alkyl halides is 3. The number of hydrogen-bond acceptors (Lipinski definition) is 6. The average Bonchev–Trinajstić information content (AvgIpc) is 2.92. The van der Waals surface area contributed by atoms with Crippen LogP contribution in [0.2, 0.25) is 0 Å². The van der Waals surface area contributed by atoms with E-state index in [4.69, 9.17) is 9.47 Å². The van der Waals surface area contributed by atoms with E-state index in [-0.39, 0.29) is 42.9 Å². The van der Waals surface area contributed by atoms with E-state index in [9.17, 15) is 22.8 Å². The van der Waals surface area contributed by atoms with E-state index in [1.807, 2.05) is 17.1 Å². The largest absolute Gasteiger partial charge is 0.573 e. The number of nitrogens with zero attached hydrogens (tertiary/aromatic N) is 2. The zero-order valence-electron chi connectivity index (χ0n) is 21.2. The van der Waals surface area contributed by atoms with Crippen molar-refractivity contribution in [3.05, 3.63) is 71.8 Å². The van der Waals surface area contributed by atoms with E-state index in [0.717, 1.165) is 12.0 Å². The first-order valence-corrected chi connectivity index (χ1v) is 12.9. The van der Waals surface area contributed by atoms with Crippen molar-refractivity contribution in [2.75, 3.05) is 32.8 Å². The molecule has 2 bridgehead atoms. The molecule has 0 saturated carbocycles. The highest BCUT2D eigenvalue weighted by Gasteiger charge is 2.37. The van der Waals surface area contributed by atoms with Crippen molar-refractivity contribution in [1.82, 2.24) is 15.1 Å². The van der Waals surface area contributed by atoms with E-state index < -0.39 is 12.4 Å². The molecule has 11 heteroatoms. The van der Waals surface area contributed by atoms with Gasteiger partial charge in [0, 0.05) is 39.1 Å². The van der Waals surface area contributed by atoms with Crippen LogP contribution < -0.4 is 14.8 Å². The number of hydrogen-bond donors (Lipinski definition) is 1. The van der Waals surface area contributed by atoms with Gasteiger partial charge in [-0.25, -0.2) is 0 Å². The number of amides is 2. The van der Waals surface area contributed by atoms with Crippen LogP contribution in [0.25, 0.3) is 0 Å². The topological polar surface area (TPSA) is 80.3 Å². The third kappa shape index (κ3) is 6.90. The fourth-order valence-corrected chi connectivity index (χ4v) is 5.08. The van der Waals surface area contributed by atoms with Crippen molar-refractivity contribution in [1.29, 1.82) is 0 Å². The van der Waals surface area contributed by atoms with Gasteiger partial charge in [-0.2, -0.15) is 0 Å². The molecule has 2 aromatic rings. The monoisotopic (exact) mass is 545 g/mol. The van der Waals surface area contributed by atoms with Gasteiger partial charge in [-0.1, -0.05) is 36.4 Å². The molecule has 1 fully saturated rings. The Labute approximate surface area is 224 Å². The lowest BCUT2D eigenvalue weighted by atomic mass is 10.1. The first kappa shape index (κ1) is 27.0. The number of para-hydroxylation sites is 1. The minimum atomic E-state index is -4.76. The molecule has 2 aromatic carbocycles. The summed E-state index contributed by atoms with van der Waals surface area (Å²) in [4.78, 5) is 30.7. The molecule has 3 heterocycles. The van der Waals surface area contributed by atoms with Gasteiger partial charge in [-0.3, -0.25) is 14.5 Å². The summed E-state index contributed by atoms with van der Waals surface area (Å²) in [5, 5.41) is 2.96. The van der Waals surface area contributed by atoms with Crippen molar-refractivity contribution in [2.45, 2.75) is 44.0 Å². The second-order valence-electron chi connectivity index (χ2n) is 9.78. The number of carbonyl (C=O) groups excluding carboxylic acids is 2. The van der Waals surface area contributed by atoms with Gasteiger partial charge in [0.25, 0.3) is 5.91 Å². The molecule has 0 aliphatic carbocycles. The van der Waals surface area contributed by atoms with Gasteiger partial charge >= 0.3 is 6.36 Å². The van der Waals surface area contributed by atoms with Crippen LogP contribution in [0.3, 0.4) is 0 Å². The summed E-state index contributed by atoms with van der Waals surface area (Å²) < 4.78 is 53.5. The first-order valence-electron chi connectivity index (χ1n) is 12.9. The van der Waals surface area contributed by atoms with Crippen molar-refractivity contribution >= 4 is 11.8 Å². The molecule has 0 unspecified atom stereocenters. The summed E-state index contributed by atoms with van der Waals surface area (Å²) in [5.74, 6) is -0.414. The second kappa shape index (κ2) is 11.7. The summed E-state index contributed by atoms with van der Waals surface area (Å²) in [7, 11) is 0. The zero-order chi connectivity index (χ0) is 27.4. The van der Waals surface area contributed by atoms with Gasteiger partial charge in [-0.05, 0) is 36.2 Å². The molecule has 0 radical (unpaired) electrons. The van der Waals surface area contributed by atoms with Crippen LogP contribution >= 0.6 is 0 Å². The van der Waals surface area contributed by atoms with Crippen LogP contribution in [-0.2, 0) is 16.1 Å². The van der Waals surface area contributed by atoms with E-state index in [1.54, 1.807) is 41.3 Å². The second-order valence-corrected chi connectivity index (χ2v) is 9.78. The summed E-state index contributed by atoms with van der Waals surface area (Å²) in [6, 6.07) is 11.9. The molecule has 8 nitrogen and oxygen atoms in total. The van der Waals surface area contributed by atoms with Crippen LogP contribution in [-0.4, -0.2) is 79.0 Å². The number of fused-ring (bicyclic) bond motifs is 4. The highest BCUT2D eigenvalue weighted by Crippen LogP contribution is 2.26. The molecule has 1 N–H and O–H groups in total. The minimum Gasteiger partial charge on any atom is -0.493 e. The van der Waals surface area contributed by atoms with Crippen LogP contribution in [0.15, 0.2) is 60.7 Å². The number of carbonyl (C=O) groups is 2. The molecule has 3 aliphatic heterocycles. The fourth-order valence-electron chi connectivity index (χ4n) is 5.08. The zero-order valence-corrected chi connectivity index (χ0v) is 21.2. The third-order valence-electron chi connectivity index (χ3n) is 7.00. The smallest absolute Gasteiger partial charge is 0.493 e. The van der Waals surface area contributed by atoms with Gasteiger partial charge in [0.2, 0.25) is 5.91 Å². The van der Waals surface area contributed by atoms with Crippen LogP contribution in [0.4, 0.5) is 13.2 Å². The number of rotatable bonds is 3. The van der Waals surface area contributed by atoms with E-state index in [2.05, 4.69) is 10.1 Å². The molecule has 0 aromatic heterocycles. The fraction of sp³-hybridized carbons (Fsp3) is 0.429. The number of halogens is 3. The molecular weight excluding hydrogens is 515 g/mol. The summed E-state index contributed by atoms with van der Waals surface area (Å²) in [6.07, 6.45) is 0.314. The van der Waals surface area contributed by atoms with Gasteiger partial charge in [-0.15, -0.1) is 13.2 Å². The Morgan fingerprint density at radius 2 is 1.85 bits per heavy atom. The number of ether oxygens (including phenoxy) is 3. The molecule has 3 atom stereocenters. The van der Waals surface area contributed by atoms with E-state index in [1.165, 1.54) is 12.1 Å². The summed E-state index contributed by atoms with van der Waals surface area (Å²) in [6.45, 7) is 2.10. The van der Waals surface area contributed by atoms with Crippen LogP contribution in [0.5, 0.6) is 11.5 Å². The van der Waals surface area contributed by atoms with Gasteiger partial charge in [0.05, 0.1) is 24.4 Å². The predicted octanol–water partition coefficient (Wildman–Crippen LogP) is 3.52. The Morgan fingerprint density at radius 3 is 2.64 bits per heavy atom. The molecule has 39 heavy (non-hydrogen) atoms. The van der Waals surface area contributed by atoms with E-state index in [0.29, 0.717) is 44.0 Å². The lowest BCUT2D eigenvalue weighted by molar-refractivity contribution is -0.274. The molecule has 1 saturated heterocycles. The molecule has 3 aliphatic rings. The lowest BCUT2D eigenvalue weighted by Gasteiger charge is -2.41. The molecule has 5 rings (SSSR count). The first-order chi connectivity index (χ1) is 18.7. The highest BCUT2D eigenvalue weighted by molar-refractivity contribution is 6.00. The van der Waals surface area contributed by atoms with Crippen LogP contribution in [0.1, 0.15) is 28.8 Å². The predicted molar refractivity (Wildman–Crippen MR) is 135 cm³/mol. The van der Waals surface area contributed by atoms with Crippen molar-refractivity contribution in [3.63, 3.8) is 0 Å².